The van der Waals surface area contributed by atoms with Gasteiger partial charge in [-0.2, -0.15) is 0 Å². The molecule has 1 aliphatic carbocycles. The third kappa shape index (κ3) is 3.64. The van der Waals surface area contributed by atoms with Crippen LogP contribution in [0.3, 0.4) is 0 Å². The van der Waals surface area contributed by atoms with E-state index < -0.39 is 0 Å². The van der Waals surface area contributed by atoms with Crippen LogP contribution in [0.25, 0.3) is 0 Å². The van der Waals surface area contributed by atoms with Crippen LogP contribution >= 0.6 is 0 Å². The first kappa shape index (κ1) is 11.7. The molecule has 1 aromatic carbocycles. The average molecular weight is 217 g/mol. The van der Waals surface area contributed by atoms with Gasteiger partial charge in [-0.25, -0.2) is 0 Å². The highest BCUT2D eigenvalue weighted by Crippen LogP contribution is 2.38. The zero-order valence-electron chi connectivity index (χ0n) is 10.4. The van der Waals surface area contributed by atoms with Crippen LogP contribution in [-0.2, 0) is 0 Å². The summed E-state index contributed by atoms with van der Waals surface area (Å²) in [4.78, 5) is 0. The van der Waals surface area contributed by atoms with Crippen LogP contribution in [-0.4, -0.2) is 12.6 Å². The van der Waals surface area contributed by atoms with Crippen molar-refractivity contribution in [1.29, 1.82) is 0 Å². The van der Waals surface area contributed by atoms with E-state index in [0.717, 1.165) is 12.5 Å². The zero-order chi connectivity index (χ0) is 11.4. The molecular weight excluding hydrogens is 194 g/mol. The van der Waals surface area contributed by atoms with Crippen molar-refractivity contribution in [2.75, 3.05) is 6.54 Å². The smallest absolute Gasteiger partial charge is 0.00226 e. The van der Waals surface area contributed by atoms with Crippen molar-refractivity contribution >= 4 is 0 Å². The Bertz CT molecular complexity index is 300. The third-order valence-corrected chi connectivity index (χ3v) is 3.36. The van der Waals surface area contributed by atoms with Gasteiger partial charge in [0.25, 0.3) is 0 Å². The molecular formula is C15H23N. The summed E-state index contributed by atoms with van der Waals surface area (Å²) in [7, 11) is 0. The van der Waals surface area contributed by atoms with Gasteiger partial charge in [-0.05, 0) is 23.8 Å². The molecule has 1 N–H and O–H groups in total. The van der Waals surface area contributed by atoms with E-state index in [0.29, 0.717) is 12.0 Å². The first-order valence-corrected chi connectivity index (χ1v) is 6.54. The van der Waals surface area contributed by atoms with Crippen LogP contribution in [0.15, 0.2) is 30.3 Å². The van der Waals surface area contributed by atoms with Gasteiger partial charge in [0.15, 0.2) is 0 Å². The Morgan fingerprint density at radius 2 is 1.88 bits per heavy atom. The molecule has 1 aromatic rings. The van der Waals surface area contributed by atoms with Gasteiger partial charge in [0.2, 0.25) is 0 Å². The topological polar surface area (TPSA) is 12.0 Å². The van der Waals surface area contributed by atoms with Crippen LogP contribution < -0.4 is 5.32 Å². The molecule has 1 atom stereocenters. The van der Waals surface area contributed by atoms with Gasteiger partial charge in [0, 0.05) is 12.6 Å². The summed E-state index contributed by atoms with van der Waals surface area (Å²) in [5.41, 5.74) is 1.50. The molecule has 2 rings (SSSR count). The molecule has 0 aromatic heterocycles. The van der Waals surface area contributed by atoms with Gasteiger partial charge in [0.05, 0.1) is 0 Å². The van der Waals surface area contributed by atoms with E-state index in [1.165, 1.54) is 24.8 Å². The first-order chi connectivity index (χ1) is 7.75. The minimum atomic E-state index is 0.588. The summed E-state index contributed by atoms with van der Waals surface area (Å²) < 4.78 is 0. The van der Waals surface area contributed by atoms with Gasteiger partial charge in [-0.15, -0.1) is 0 Å². The largest absolute Gasteiger partial charge is 0.314 e. The minimum absolute atomic E-state index is 0.588. The molecule has 1 saturated carbocycles. The Morgan fingerprint density at radius 1 is 1.19 bits per heavy atom. The molecule has 1 unspecified atom stereocenters. The van der Waals surface area contributed by atoms with Crippen LogP contribution in [0.5, 0.6) is 0 Å². The lowest BCUT2D eigenvalue weighted by Crippen LogP contribution is -2.28. The van der Waals surface area contributed by atoms with E-state index in [4.69, 9.17) is 0 Å². The standard InChI is InChI=1S/C15H23N/c1-12(2)16-11-15(10-13-8-9-13)14-6-4-3-5-7-14/h3-7,12-13,15-16H,8-11H2,1-2H3. The summed E-state index contributed by atoms with van der Waals surface area (Å²) in [5.74, 6) is 1.70. The van der Waals surface area contributed by atoms with Gasteiger partial charge in [-0.3, -0.25) is 0 Å². The van der Waals surface area contributed by atoms with Gasteiger partial charge in [-0.1, -0.05) is 57.0 Å². The highest BCUT2D eigenvalue weighted by Gasteiger charge is 2.26. The molecule has 0 amide bonds. The maximum Gasteiger partial charge on any atom is 0.00226 e. The quantitative estimate of drug-likeness (QED) is 0.768. The van der Waals surface area contributed by atoms with Crippen LogP contribution in [0.2, 0.25) is 0 Å². The van der Waals surface area contributed by atoms with Crippen molar-refractivity contribution in [3.05, 3.63) is 35.9 Å². The van der Waals surface area contributed by atoms with Crippen molar-refractivity contribution in [2.45, 2.75) is 45.1 Å². The van der Waals surface area contributed by atoms with Crippen LogP contribution in [0, 0.1) is 5.92 Å². The molecule has 88 valence electrons. The highest BCUT2D eigenvalue weighted by atomic mass is 14.9. The van der Waals surface area contributed by atoms with Crippen LogP contribution in [0.4, 0.5) is 0 Å². The number of nitrogens with one attached hydrogen (secondary N) is 1. The Kier molecular flexibility index (Phi) is 4.00. The number of hydrogen-bond acceptors (Lipinski definition) is 1. The maximum absolute atomic E-state index is 3.58. The summed E-state index contributed by atoms with van der Waals surface area (Å²) in [6.45, 7) is 5.57. The average Bonchev–Trinajstić information content (AvgIpc) is 3.09. The number of hydrogen-bond donors (Lipinski definition) is 1. The maximum atomic E-state index is 3.58. The minimum Gasteiger partial charge on any atom is -0.314 e. The highest BCUT2D eigenvalue weighted by molar-refractivity contribution is 5.20. The lowest BCUT2D eigenvalue weighted by molar-refractivity contribution is 0.490. The van der Waals surface area contributed by atoms with E-state index in [1.807, 2.05) is 0 Å². The molecule has 0 spiro atoms. The Labute approximate surface area is 99.3 Å². The fourth-order valence-electron chi connectivity index (χ4n) is 2.20. The molecule has 0 radical (unpaired) electrons. The molecule has 1 aliphatic rings. The number of rotatable bonds is 6. The molecule has 1 fully saturated rings. The van der Waals surface area contributed by atoms with Gasteiger partial charge in [0.1, 0.15) is 0 Å². The second-order valence-electron chi connectivity index (χ2n) is 5.35. The zero-order valence-corrected chi connectivity index (χ0v) is 10.4. The van der Waals surface area contributed by atoms with Crippen LogP contribution in [0.1, 0.15) is 44.6 Å². The molecule has 0 aliphatic heterocycles. The van der Waals surface area contributed by atoms with Gasteiger partial charge < -0.3 is 5.32 Å². The molecule has 0 heterocycles. The lowest BCUT2D eigenvalue weighted by Gasteiger charge is -2.19. The lowest BCUT2D eigenvalue weighted by atomic mass is 9.93. The monoisotopic (exact) mass is 217 g/mol. The van der Waals surface area contributed by atoms with Crippen molar-refractivity contribution in [3.8, 4) is 0 Å². The molecule has 0 bridgehead atoms. The fourth-order valence-corrected chi connectivity index (χ4v) is 2.20. The molecule has 1 nitrogen and oxygen atoms in total. The Hall–Kier alpha value is -0.820. The van der Waals surface area contributed by atoms with Crippen molar-refractivity contribution < 1.29 is 0 Å². The van der Waals surface area contributed by atoms with E-state index in [9.17, 15) is 0 Å². The predicted molar refractivity (Wildman–Crippen MR) is 69.7 cm³/mol. The van der Waals surface area contributed by atoms with Gasteiger partial charge >= 0.3 is 0 Å². The molecule has 1 heteroatoms. The Morgan fingerprint density at radius 3 is 2.44 bits per heavy atom. The van der Waals surface area contributed by atoms with Crippen molar-refractivity contribution in [3.63, 3.8) is 0 Å². The molecule has 16 heavy (non-hydrogen) atoms. The van der Waals surface area contributed by atoms with Crippen molar-refractivity contribution in [2.24, 2.45) is 5.92 Å². The fraction of sp³-hybridized carbons (Fsp3) is 0.600. The number of benzene rings is 1. The summed E-state index contributed by atoms with van der Waals surface area (Å²) in [5, 5.41) is 3.58. The summed E-state index contributed by atoms with van der Waals surface area (Å²) >= 11 is 0. The first-order valence-electron chi connectivity index (χ1n) is 6.54. The summed E-state index contributed by atoms with van der Waals surface area (Å²) in [6.07, 6.45) is 4.26. The SMILES string of the molecule is CC(C)NCC(CC1CC1)c1ccccc1. The predicted octanol–water partition coefficient (Wildman–Crippen LogP) is 3.57. The Balaban J connectivity index is 1.95. The normalized spacial score (nSPS) is 17.7. The van der Waals surface area contributed by atoms with Crippen molar-refractivity contribution in [1.82, 2.24) is 5.32 Å². The third-order valence-electron chi connectivity index (χ3n) is 3.36. The molecule has 0 saturated heterocycles. The summed E-state index contributed by atoms with van der Waals surface area (Å²) in [6, 6.07) is 11.6. The van der Waals surface area contributed by atoms with E-state index in [1.54, 1.807) is 0 Å². The van der Waals surface area contributed by atoms with E-state index >= 15 is 0 Å². The second kappa shape index (κ2) is 5.49. The van der Waals surface area contributed by atoms with E-state index in [-0.39, 0.29) is 0 Å². The van der Waals surface area contributed by atoms with E-state index in [2.05, 4.69) is 49.5 Å². The second-order valence-corrected chi connectivity index (χ2v) is 5.35.